The molecule has 10 heteroatoms. The molecule has 2 heterocycles. The Morgan fingerprint density at radius 2 is 1.94 bits per heavy atom. The molecule has 2 N–H and O–H groups in total. The van der Waals surface area contributed by atoms with Gasteiger partial charge < -0.3 is 15.2 Å². The monoisotopic (exact) mass is 446 g/mol. The van der Waals surface area contributed by atoms with Crippen LogP contribution in [0.4, 0.5) is 17.2 Å². The van der Waals surface area contributed by atoms with Crippen molar-refractivity contribution in [3.63, 3.8) is 0 Å². The number of aromatic nitrogens is 3. The topological polar surface area (TPSA) is 106 Å². The zero-order valence-corrected chi connectivity index (χ0v) is 17.4. The molecule has 4 aromatic rings. The summed E-state index contributed by atoms with van der Waals surface area (Å²) in [6.07, 6.45) is 2.75. The average Bonchev–Trinajstić information content (AvgIpc) is 3.44. The SMILES string of the molecule is [C-]#[N+]c1ccccc1-n1ncc(C(=O)Nc2cc(C(=O)Nc3ccon3)ccc2Cl)c1C. The molecule has 0 aliphatic carbocycles. The lowest BCUT2D eigenvalue weighted by Gasteiger charge is -2.10. The van der Waals surface area contributed by atoms with Crippen LogP contribution in [-0.2, 0) is 0 Å². The second kappa shape index (κ2) is 8.75. The number of hydrogen-bond donors (Lipinski definition) is 2. The van der Waals surface area contributed by atoms with E-state index in [1.807, 2.05) is 0 Å². The summed E-state index contributed by atoms with van der Waals surface area (Å²) in [5.41, 5.74) is 2.38. The predicted octanol–water partition coefficient (Wildman–Crippen LogP) is 4.88. The van der Waals surface area contributed by atoms with E-state index in [9.17, 15) is 9.59 Å². The average molecular weight is 447 g/mol. The Morgan fingerprint density at radius 3 is 2.69 bits per heavy atom. The fourth-order valence-electron chi connectivity index (χ4n) is 3.03. The van der Waals surface area contributed by atoms with E-state index in [2.05, 4.69) is 30.3 Å². The minimum absolute atomic E-state index is 0.262. The van der Waals surface area contributed by atoms with Crippen molar-refractivity contribution in [1.29, 1.82) is 0 Å². The maximum Gasteiger partial charge on any atom is 0.259 e. The van der Waals surface area contributed by atoms with E-state index in [1.165, 1.54) is 41.4 Å². The van der Waals surface area contributed by atoms with E-state index in [4.69, 9.17) is 18.2 Å². The highest BCUT2D eigenvalue weighted by molar-refractivity contribution is 6.34. The molecule has 0 spiro atoms. The summed E-state index contributed by atoms with van der Waals surface area (Å²) >= 11 is 6.23. The molecule has 0 unspecified atom stereocenters. The highest BCUT2D eigenvalue weighted by Gasteiger charge is 2.19. The quantitative estimate of drug-likeness (QED) is 0.425. The molecule has 0 aliphatic rings. The molecule has 0 fully saturated rings. The van der Waals surface area contributed by atoms with Gasteiger partial charge in [0.15, 0.2) is 5.82 Å². The molecular weight excluding hydrogens is 432 g/mol. The lowest BCUT2D eigenvalue weighted by Crippen LogP contribution is -2.16. The molecule has 2 aromatic carbocycles. The van der Waals surface area contributed by atoms with Crippen LogP contribution >= 0.6 is 11.6 Å². The van der Waals surface area contributed by atoms with E-state index in [0.717, 1.165) is 0 Å². The third-order valence-corrected chi connectivity index (χ3v) is 4.97. The normalized spacial score (nSPS) is 10.4. The van der Waals surface area contributed by atoms with Gasteiger partial charge in [0.1, 0.15) is 6.26 Å². The number of carbonyl (C=O) groups excluding carboxylic acids is 2. The lowest BCUT2D eigenvalue weighted by atomic mass is 10.1. The first-order valence-electron chi connectivity index (χ1n) is 9.32. The van der Waals surface area contributed by atoms with E-state index in [1.54, 1.807) is 31.2 Å². The van der Waals surface area contributed by atoms with Crippen molar-refractivity contribution in [3.8, 4) is 5.69 Å². The zero-order chi connectivity index (χ0) is 22.7. The summed E-state index contributed by atoms with van der Waals surface area (Å²) in [6, 6.07) is 13.0. The van der Waals surface area contributed by atoms with Crippen LogP contribution in [-0.4, -0.2) is 26.8 Å². The van der Waals surface area contributed by atoms with Crippen molar-refractivity contribution in [2.75, 3.05) is 10.6 Å². The van der Waals surface area contributed by atoms with Crippen LogP contribution in [0.2, 0.25) is 5.02 Å². The molecule has 0 aliphatic heterocycles. The standard InChI is InChI=1S/C22H15ClN6O3/c1-13-15(12-25-29(13)19-6-4-3-5-17(19)24-2)22(31)26-18-11-14(7-8-16(18)23)21(30)27-20-9-10-32-28-20/h3-12H,1H3,(H,26,31)(H,27,28,30). The van der Waals surface area contributed by atoms with E-state index >= 15 is 0 Å². The molecule has 0 atom stereocenters. The first-order valence-corrected chi connectivity index (χ1v) is 9.70. The number of rotatable bonds is 5. The summed E-state index contributed by atoms with van der Waals surface area (Å²) in [4.78, 5) is 28.8. The lowest BCUT2D eigenvalue weighted by molar-refractivity contribution is 0.101. The Morgan fingerprint density at radius 1 is 1.12 bits per heavy atom. The largest absolute Gasteiger partial charge is 0.363 e. The van der Waals surface area contributed by atoms with Gasteiger partial charge in [-0.15, -0.1) is 0 Å². The van der Waals surface area contributed by atoms with Gasteiger partial charge in [-0.3, -0.25) is 9.59 Å². The molecule has 0 radical (unpaired) electrons. The van der Waals surface area contributed by atoms with Gasteiger partial charge in [-0.2, -0.15) is 5.10 Å². The van der Waals surface area contributed by atoms with Gasteiger partial charge in [0, 0.05) is 11.6 Å². The van der Waals surface area contributed by atoms with Crippen LogP contribution < -0.4 is 10.6 Å². The number of halogens is 1. The van der Waals surface area contributed by atoms with Gasteiger partial charge in [0.2, 0.25) is 5.69 Å². The maximum atomic E-state index is 12.9. The molecule has 0 bridgehead atoms. The number of hydrogen-bond acceptors (Lipinski definition) is 5. The summed E-state index contributed by atoms with van der Waals surface area (Å²) in [5.74, 6) is -0.630. The molecule has 0 saturated heterocycles. The van der Waals surface area contributed by atoms with E-state index in [-0.39, 0.29) is 22.1 Å². The van der Waals surface area contributed by atoms with Gasteiger partial charge in [-0.25, -0.2) is 9.53 Å². The van der Waals surface area contributed by atoms with Gasteiger partial charge in [-0.05, 0) is 31.2 Å². The molecule has 4 rings (SSSR count). The summed E-state index contributed by atoms with van der Waals surface area (Å²) in [5, 5.41) is 13.4. The van der Waals surface area contributed by atoms with Gasteiger partial charge in [0.05, 0.1) is 40.4 Å². The van der Waals surface area contributed by atoms with Gasteiger partial charge in [0.25, 0.3) is 11.8 Å². The Hall–Kier alpha value is -4.42. The maximum absolute atomic E-state index is 12.9. The smallest absolute Gasteiger partial charge is 0.259 e. The number of nitrogens with one attached hydrogen (secondary N) is 2. The van der Waals surface area contributed by atoms with Crippen molar-refractivity contribution in [2.45, 2.75) is 6.92 Å². The summed E-state index contributed by atoms with van der Waals surface area (Å²) < 4.78 is 6.22. The number of anilines is 2. The minimum Gasteiger partial charge on any atom is -0.363 e. The third-order valence-electron chi connectivity index (χ3n) is 4.64. The highest BCUT2D eigenvalue weighted by Crippen LogP contribution is 2.27. The van der Waals surface area contributed by atoms with Crippen LogP contribution in [0.5, 0.6) is 0 Å². The molecule has 2 aromatic heterocycles. The molecule has 32 heavy (non-hydrogen) atoms. The van der Waals surface area contributed by atoms with Crippen molar-refractivity contribution in [1.82, 2.24) is 14.9 Å². The minimum atomic E-state index is -0.454. The second-order valence-corrected chi connectivity index (χ2v) is 7.05. The van der Waals surface area contributed by atoms with Gasteiger partial charge in [-0.1, -0.05) is 35.0 Å². The van der Waals surface area contributed by atoms with Crippen LogP contribution in [0.25, 0.3) is 10.5 Å². The fourth-order valence-corrected chi connectivity index (χ4v) is 3.20. The Bertz CT molecular complexity index is 1350. The zero-order valence-electron chi connectivity index (χ0n) is 16.7. The molecule has 158 valence electrons. The van der Waals surface area contributed by atoms with Crippen LogP contribution in [0.3, 0.4) is 0 Å². The number of para-hydroxylation sites is 2. The van der Waals surface area contributed by atoms with Crippen LogP contribution in [0, 0.1) is 13.5 Å². The summed E-state index contributed by atoms with van der Waals surface area (Å²) in [6.45, 7) is 9.06. The first-order chi connectivity index (χ1) is 15.5. The Kier molecular flexibility index (Phi) is 5.70. The first kappa shape index (κ1) is 20.8. The van der Waals surface area contributed by atoms with Crippen LogP contribution in [0.1, 0.15) is 26.4 Å². The number of carbonyl (C=O) groups is 2. The number of nitrogens with zero attached hydrogens (tertiary/aromatic N) is 4. The summed E-state index contributed by atoms with van der Waals surface area (Å²) in [7, 11) is 0. The van der Waals surface area contributed by atoms with Crippen molar-refractivity contribution in [3.05, 3.63) is 94.3 Å². The van der Waals surface area contributed by atoms with Crippen molar-refractivity contribution in [2.24, 2.45) is 0 Å². The Labute approximate surface area is 187 Å². The van der Waals surface area contributed by atoms with Crippen molar-refractivity contribution >= 4 is 40.6 Å². The molecule has 9 nitrogen and oxygen atoms in total. The van der Waals surface area contributed by atoms with E-state index in [0.29, 0.717) is 22.6 Å². The van der Waals surface area contributed by atoms with E-state index < -0.39 is 11.8 Å². The van der Waals surface area contributed by atoms with Gasteiger partial charge >= 0.3 is 0 Å². The second-order valence-electron chi connectivity index (χ2n) is 6.64. The number of amides is 2. The van der Waals surface area contributed by atoms with Crippen molar-refractivity contribution < 1.29 is 14.1 Å². The third kappa shape index (κ3) is 4.08. The molecule has 2 amide bonds. The Balaban J connectivity index is 1.58. The fraction of sp³-hybridized carbons (Fsp3) is 0.0455. The number of benzene rings is 2. The molecular formula is C22H15ClN6O3. The molecule has 0 saturated carbocycles. The van der Waals surface area contributed by atoms with Crippen LogP contribution in [0.15, 0.2) is 65.5 Å². The highest BCUT2D eigenvalue weighted by atomic mass is 35.5. The predicted molar refractivity (Wildman–Crippen MR) is 118 cm³/mol.